The van der Waals surface area contributed by atoms with Crippen LogP contribution in [0.3, 0.4) is 0 Å². The summed E-state index contributed by atoms with van der Waals surface area (Å²) in [7, 11) is -3.66. The Labute approximate surface area is 116 Å². The normalized spacial score (nSPS) is 16.3. The molecule has 0 aliphatic carbocycles. The molecular weight excluding hydrogens is 284 g/mol. The Bertz CT molecular complexity index is 657. The van der Waals surface area contributed by atoms with Crippen molar-refractivity contribution < 1.29 is 18.3 Å². The Morgan fingerprint density at radius 1 is 1.37 bits per heavy atom. The van der Waals surface area contributed by atoms with Gasteiger partial charge in [0.05, 0.1) is 15.4 Å². The van der Waals surface area contributed by atoms with Crippen LogP contribution in [-0.2, 0) is 9.84 Å². The van der Waals surface area contributed by atoms with Crippen molar-refractivity contribution in [3.8, 4) is 0 Å². The van der Waals surface area contributed by atoms with Crippen molar-refractivity contribution in [1.82, 2.24) is 0 Å². The number of benzene rings is 1. The minimum absolute atomic E-state index is 0.0677. The molecule has 0 radical (unpaired) electrons. The van der Waals surface area contributed by atoms with Crippen LogP contribution in [0.15, 0.2) is 28.0 Å². The number of fused-ring (bicyclic) bond motifs is 1. The fraction of sp³-hybridized carbons (Fsp3) is 0.308. The highest BCUT2D eigenvalue weighted by Crippen LogP contribution is 2.37. The minimum atomic E-state index is -3.66. The van der Waals surface area contributed by atoms with E-state index in [1.165, 1.54) is 17.8 Å². The molecule has 0 spiro atoms. The van der Waals surface area contributed by atoms with Crippen molar-refractivity contribution in [1.29, 1.82) is 0 Å². The average Bonchev–Trinajstić information content (AvgIpc) is 2.58. The van der Waals surface area contributed by atoms with Gasteiger partial charge >= 0.3 is 5.97 Å². The number of carbonyl (C=O) groups is 1. The zero-order valence-corrected chi connectivity index (χ0v) is 12.2. The molecule has 1 aliphatic heterocycles. The third-order valence-corrected chi connectivity index (χ3v) is 6.04. The van der Waals surface area contributed by atoms with Gasteiger partial charge in [-0.1, -0.05) is 26.0 Å². The third-order valence-electron chi connectivity index (χ3n) is 2.77. The summed E-state index contributed by atoms with van der Waals surface area (Å²) in [4.78, 5) is 11.3. The summed E-state index contributed by atoms with van der Waals surface area (Å²) in [5.41, 5.74) is 0.317. The monoisotopic (exact) mass is 298 g/mol. The van der Waals surface area contributed by atoms with E-state index in [1.54, 1.807) is 18.2 Å². The van der Waals surface area contributed by atoms with Crippen LogP contribution < -0.4 is 0 Å². The summed E-state index contributed by atoms with van der Waals surface area (Å²) < 4.78 is 24.8. The molecule has 0 atom stereocenters. The summed E-state index contributed by atoms with van der Waals surface area (Å²) in [5, 5.41) is 9.41. The molecule has 2 rings (SSSR count). The number of sulfone groups is 1. The molecule has 0 bridgehead atoms. The first-order valence-electron chi connectivity index (χ1n) is 5.77. The molecule has 0 aromatic heterocycles. The SMILES string of the molecule is CC(C)SCC1=Cc2cccc(C(=O)O)c2S1(=O)=O. The van der Waals surface area contributed by atoms with E-state index < -0.39 is 15.8 Å². The van der Waals surface area contributed by atoms with Gasteiger partial charge in [0, 0.05) is 5.75 Å². The number of hydrogen-bond acceptors (Lipinski definition) is 4. The lowest BCUT2D eigenvalue weighted by molar-refractivity contribution is 0.0692. The molecule has 0 amide bonds. The van der Waals surface area contributed by atoms with E-state index in [1.807, 2.05) is 13.8 Å². The predicted molar refractivity (Wildman–Crippen MR) is 76.2 cm³/mol. The zero-order chi connectivity index (χ0) is 14.2. The van der Waals surface area contributed by atoms with Gasteiger partial charge in [-0.15, -0.1) is 0 Å². The number of carboxylic acids is 1. The van der Waals surface area contributed by atoms with Gasteiger partial charge in [-0.05, 0) is 23.0 Å². The van der Waals surface area contributed by atoms with Crippen LogP contribution in [0.25, 0.3) is 6.08 Å². The highest BCUT2D eigenvalue weighted by molar-refractivity contribution is 8.02. The first kappa shape index (κ1) is 14.1. The fourth-order valence-corrected chi connectivity index (χ4v) is 4.72. The highest BCUT2D eigenvalue weighted by atomic mass is 32.2. The molecule has 0 unspecified atom stereocenters. The van der Waals surface area contributed by atoms with Crippen molar-refractivity contribution in [3.05, 3.63) is 34.2 Å². The molecule has 1 heterocycles. The first-order chi connectivity index (χ1) is 8.84. The van der Waals surface area contributed by atoms with Gasteiger partial charge in [-0.3, -0.25) is 0 Å². The molecule has 6 heteroatoms. The predicted octanol–water partition coefficient (Wildman–Crippen LogP) is 2.65. The number of thioether (sulfide) groups is 1. The van der Waals surface area contributed by atoms with Crippen LogP contribution in [0.2, 0.25) is 0 Å². The van der Waals surface area contributed by atoms with Crippen LogP contribution in [0.4, 0.5) is 0 Å². The second kappa shape index (κ2) is 5.02. The van der Waals surface area contributed by atoms with Crippen LogP contribution >= 0.6 is 11.8 Å². The summed E-state index contributed by atoms with van der Waals surface area (Å²) in [6, 6.07) is 4.52. The minimum Gasteiger partial charge on any atom is -0.478 e. The first-order valence-corrected chi connectivity index (χ1v) is 8.31. The van der Waals surface area contributed by atoms with Crippen molar-refractivity contribution in [2.45, 2.75) is 24.0 Å². The number of aromatic carboxylic acids is 1. The summed E-state index contributed by atoms with van der Waals surface area (Å²) in [6.45, 7) is 3.98. The molecule has 0 saturated carbocycles. The topological polar surface area (TPSA) is 71.4 Å². The third kappa shape index (κ3) is 2.55. The van der Waals surface area contributed by atoms with Crippen LogP contribution in [0.5, 0.6) is 0 Å². The van der Waals surface area contributed by atoms with E-state index in [4.69, 9.17) is 5.11 Å². The maximum absolute atomic E-state index is 12.4. The average molecular weight is 298 g/mol. The van der Waals surface area contributed by atoms with Crippen molar-refractivity contribution in [2.75, 3.05) is 5.75 Å². The molecule has 4 nitrogen and oxygen atoms in total. The Balaban J connectivity index is 2.47. The van der Waals surface area contributed by atoms with E-state index in [9.17, 15) is 13.2 Å². The van der Waals surface area contributed by atoms with Gasteiger partial charge in [0.1, 0.15) is 0 Å². The van der Waals surface area contributed by atoms with E-state index in [2.05, 4.69) is 0 Å². The standard InChI is InChI=1S/C13H14O4S2/c1-8(2)18-7-10-6-9-4-3-5-11(13(14)15)12(9)19(10,16)17/h3-6,8H,7H2,1-2H3,(H,14,15). The Morgan fingerprint density at radius 2 is 2.05 bits per heavy atom. The molecule has 1 aromatic carbocycles. The van der Waals surface area contributed by atoms with Crippen LogP contribution in [-0.4, -0.2) is 30.5 Å². The van der Waals surface area contributed by atoms with Gasteiger partial charge in [-0.2, -0.15) is 11.8 Å². The Hall–Kier alpha value is -1.27. The summed E-state index contributed by atoms with van der Waals surface area (Å²) >= 11 is 1.52. The van der Waals surface area contributed by atoms with Crippen LogP contribution in [0.1, 0.15) is 29.8 Å². The lowest BCUT2D eigenvalue weighted by Crippen LogP contribution is -2.10. The summed E-state index contributed by atoms with van der Waals surface area (Å²) in [5.74, 6) is -0.847. The van der Waals surface area contributed by atoms with Gasteiger partial charge < -0.3 is 5.11 Å². The Morgan fingerprint density at radius 3 is 2.63 bits per heavy atom. The second-order valence-electron chi connectivity index (χ2n) is 4.50. The molecule has 102 valence electrons. The second-order valence-corrected chi connectivity index (χ2v) is 8.01. The molecule has 1 aromatic rings. The highest BCUT2D eigenvalue weighted by Gasteiger charge is 2.33. The fourth-order valence-electron chi connectivity index (χ4n) is 1.89. The van der Waals surface area contributed by atoms with Crippen molar-refractivity contribution in [2.24, 2.45) is 0 Å². The lowest BCUT2D eigenvalue weighted by atomic mass is 10.1. The molecule has 19 heavy (non-hydrogen) atoms. The summed E-state index contributed by atoms with van der Waals surface area (Å²) in [6.07, 6.45) is 1.58. The molecular formula is C13H14O4S2. The zero-order valence-electron chi connectivity index (χ0n) is 10.6. The molecule has 1 N–H and O–H groups in total. The van der Waals surface area contributed by atoms with E-state index in [0.29, 0.717) is 16.6 Å². The number of rotatable bonds is 4. The Kier molecular flexibility index (Phi) is 3.73. The smallest absolute Gasteiger partial charge is 0.337 e. The van der Waals surface area contributed by atoms with Gasteiger partial charge in [0.2, 0.25) is 9.84 Å². The largest absolute Gasteiger partial charge is 0.478 e. The van der Waals surface area contributed by atoms with E-state index in [-0.39, 0.29) is 15.4 Å². The van der Waals surface area contributed by atoms with Gasteiger partial charge in [0.15, 0.2) is 0 Å². The molecule has 1 aliphatic rings. The number of carboxylic acid groups (broad SMARTS) is 1. The lowest BCUT2D eigenvalue weighted by Gasteiger charge is -2.07. The van der Waals surface area contributed by atoms with Gasteiger partial charge in [0.25, 0.3) is 0 Å². The molecule has 0 saturated heterocycles. The number of hydrogen-bond donors (Lipinski definition) is 1. The van der Waals surface area contributed by atoms with Crippen LogP contribution in [0, 0.1) is 0 Å². The van der Waals surface area contributed by atoms with E-state index in [0.717, 1.165) is 0 Å². The van der Waals surface area contributed by atoms with Gasteiger partial charge in [-0.25, -0.2) is 13.2 Å². The quantitative estimate of drug-likeness (QED) is 0.925. The van der Waals surface area contributed by atoms with Crippen molar-refractivity contribution in [3.63, 3.8) is 0 Å². The maximum Gasteiger partial charge on any atom is 0.337 e. The molecule has 0 fully saturated rings. The van der Waals surface area contributed by atoms with E-state index >= 15 is 0 Å². The van der Waals surface area contributed by atoms with Crippen molar-refractivity contribution >= 4 is 33.6 Å². The maximum atomic E-state index is 12.4.